The van der Waals surface area contributed by atoms with E-state index in [1.165, 1.54) is 4.72 Å². The van der Waals surface area contributed by atoms with Crippen molar-refractivity contribution >= 4 is 39.9 Å². The monoisotopic (exact) mass is 494 g/mol. The van der Waals surface area contributed by atoms with Crippen LogP contribution in [0.2, 0.25) is 0 Å². The molecule has 1 fully saturated rings. The number of amides is 4. The molecule has 6 N–H and O–H groups in total. The number of nitrogens with one attached hydrogen (secondary N) is 3. The number of hydrogen-bond acceptors (Lipinski definition) is 9. The lowest BCUT2D eigenvalue weighted by atomic mass is 10.1. The number of ether oxygens (including phenoxy) is 1. The van der Waals surface area contributed by atoms with Gasteiger partial charge in [-0.2, -0.15) is 8.42 Å². The number of β-lactam (4-membered cyclic amide) rings is 1. The van der Waals surface area contributed by atoms with E-state index in [0.29, 0.717) is 22.6 Å². The molecule has 0 aromatic heterocycles. The number of alkyl carbamates (subject to hydrolysis) is 1. The molecule has 1 aliphatic rings. The van der Waals surface area contributed by atoms with Gasteiger partial charge in [0.25, 0.3) is 5.91 Å². The summed E-state index contributed by atoms with van der Waals surface area (Å²) in [7, 11) is -4.76. The number of imide groups is 1. The smallest absolute Gasteiger partial charge is 0.408 e. The predicted molar refractivity (Wildman–Crippen MR) is 113 cm³/mol. The number of carboxylic acids is 1. The molecule has 0 radical (unpaired) electrons. The van der Waals surface area contributed by atoms with E-state index < -0.39 is 63.0 Å². The number of aromatic carboxylic acids is 1. The normalized spacial score (nSPS) is 15.1. The van der Waals surface area contributed by atoms with Crippen LogP contribution in [0.4, 0.5) is 15.3 Å². The number of carbonyl (C=O) groups is 4. The summed E-state index contributed by atoms with van der Waals surface area (Å²) in [5, 5.41) is 30.3. The van der Waals surface area contributed by atoms with Crippen molar-refractivity contribution < 1.29 is 47.7 Å². The summed E-state index contributed by atoms with van der Waals surface area (Å²) in [6, 6.07) is 7.47. The minimum absolute atomic E-state index is 0.0488. The van der Waals surface area contributed by atoms with Crippen LogP contribution in [0, 0.1) is 0 Å². The van der Waals surface area contributed by atoms with Crippen LogP contribution < -0.4 is 14.8 Å². The van der Waals surface area contributed by atoms with Crippen molar-refractivity contribution in [2.75, 3.05) is 11.3 Å². The van der Waals surface area contributed by atoms with Crippen LogP contribution in [0.15, 0.2) is 42.5 Å². The Kier molecular flexibility index (Phi) is 6.76. The average molecular weight is 494 g/mol. The van der Waals surface area contributed by atoms with Crippen molar-refractivity contribution in [3.63, 3.8) is 0 Å². The van der Waals surface area contributed by atoms with Crippen molar-refractivity contribution in [2.24, 2.45) is 0 Å². The van der Waals surface area contributed by atoms with Crippen molar-refractivity contribution in [1.82, 2.24) is 14.9 Å². The van der Waals surface area contributed by atoms with E-state index in [1.54, 1.807) is 35.1 Å². The molecule has 0 spiro atoms. The third kappa shape index (κ3) is 5.63. The van der Waals surface area contributed by atoms with Gasteiger partial charge in [0.1, 0.15) is 12.6 Å². The summed E-state index contributed by atoms with van der Waals surface area (Å²) in [4.78, 5) is 47.8. The van der Waals surface area contributed by atoms with Crippen LogP contribution in [0.5, 0.6) is 11.5 Å². The molecule has 3 rings (SSSR count). The zero-order valence-corrected chi connectivity index (χ0v) is 17.9. The maximum absolute atomic E-state index is 12.2. The number of carbonyl (C=O) groups excluding carboxylic acids is 3. The van der Waals surface area contributed by atoms with E-state index in [9.17, 15) is 37.8 Å². The molecule has 1 atom stereocenters. The number of phenols is 2. The van der Waals surface area contributed by atoms with Crippen molar-refractivity contribution in [3.8, 4) is 11.5 Å². The fourth-order valence-corrected chi connectivity index (χ4v) is 3.65. The second kappa shape index (κ2) is 9.53. The van der Waals surface area contributed by atoms with E-state index in [1.807, 2.05) is 0 Å². The van der Waals surface area contributed by atoms with E-state index in [4.69, 9.17) is 9.84 Å². The van der Waals surface area contributed by atoms with E-state index >= 15 is 0 Å². The summed E-state index contributed by atoms with van der Waals surface area (Å²) in [6.07, 6.45) is -0.912. The average Bonchev–Trinajstić information content (AvgIpc) is 2.76. The summed E-state index contributed by atoms with van der Waals surface area (Å²) >= 11 is 0. The molecule has 1 unspecified atom stereocenters. The third-order valence-electron chi connectivity index (χ3n) is 4.49. The maximum atomic E-state index is 12.2. The number of phenolic OH excluding ortho intramolecular Hbond substituents is 2. The van der Waals surface area contributed by atoms with E-state index in [2.05, 4.69) is 5.32 Å². The highest BCUT2D eigenvalue weighted by Gasteiger charge is 2.43. The fourth-order valence-electron chi connectivity index (χ4n) is 2.80. The Labute approximate surface area is 191 Å². The van der Waals surface area contributed by atoms with Gasteiger partial charge in [-0.3, -0.25) is 14.4 Å². The van der Waals surface area contributed by atoms with Gasteiger partial charge in [0.05, 0.1) is 17.8 Å². The zero-order chi connectivity index (χ0) is 25.0. The zero-order valence-electron chi connectivity index (χ0n) is 17.1. The first-order valence-electron chi connectivity index (χ1n) is 9.39. The van der Waals surface area contributed by atoms with Crippen LogP contribution in [0.25, 0.3) is 0 Å². The Morgan fingerprint density at radius 3 is 2.35 bits per heavy atom. The lowest BCUT2D eigenvalue weighted by Gasteiger charge is -2.36. The SMILES string of the molecule is O=C(NC1CN(C(=O)NS(=O)(=O)Nc2cc(O)c(O)cc2C(=O)O)C1=O)OCc1ccccc1. The molecule has 15 heteroatoms. The second-order valence-corrected chi connectivity index (χ2v) is 8.33. The van der Waals surface area contributed by atoms with Crippen LogP contribution in [0.3, 0.4) is 0 Å². The Bertz CT molecular complexity index is 1250. The topological polar surface area (TPSA) is 212 Å². The first-order chi connectivity index (χ1) is 16.0. The number of benzene rings is 2. The molecule has 0 saturated carbocycles. The number of urea groups is 1. The summed E-state index contributed by atoms with van der Waals surface area (Å²) in [6.45, 7) is -0.395. The minimum atomic E-state index is -4.76. The lowest BCUT2D eigenvalue weighted by Crippen LogP contribution is -2.67. The Morgan fingerprint density at radius 1 is 1.09 bits per heavy atom. The highest BCUT2D eigenvalue weighted by molar-refractivity contribution is 7.91. The van der Waals surface area contributed by atoms with Crippen molar-refractivity contribution in [1.29, 1.82) is 0 Å². The summed E-state index contributed by atoms with van der Waals surface area (Å²) in [5.41, 5.74) is -0.658. The molecule has 0 aliphatic carbocycles. The highest BCUT2D eigenvalue weighted by Crippen LogP contribution is 2.32. The first-order valence-corrected chi connectivity index (χ1v) is 10.9. The molecule has 2 aromatic rings. The summed E-state index contributed by atoms with van der Waals surface area (Å²) in [5.74, 6) is -4.17. The first kappa shape index (κ1) is 24.1. The van der Waals surface area contributed by atoms with E-state index in [0.717, 1.165) is 0 Å². The molecule has 1 saturated heterocycles. The molecule has 4 amide bonds. The molecule has 2 aromatic carbocycles. The molecular formula is C19H18N4O10S. The number of anilines is 1. The minimum Gasteiger partial charge on any atom is -0.504 e. The quantitative estimate of drug-likeness (QED) is 0.176. The standard InChI is InChI=1S/C19H18N4O10S/c24-14-6-11(17(27)28)12(7-15(14)25)21-34(31,32)22-18(29)23-8-13(16(23)26)20-19(30)33-9-10-4-2-1-3-5-10/h1-7,13,21,24-25H,8-9H2,(H,20,30)(H,22,29)(H,27,28). The molecular weight excluding hydrogens is 476 g/mol. The molecule has 1 aliphatic heterocycles. The van der Waals surface area contributed by atoms with Gasteiger partial charge in [-0.1, -0.05) is 30.3 Å². The van der Waals surface area contributed by atoms with E-state index in [-0.39, 0.29) is 13.2 Å². The second-order valence-electron chi connectivity index (χ2n) is 6.91. The van der Waals surface area contributed by atoms with Crippen LogP contribution in [-0.4, -0.2) is 65.2 Å². The van der Waals surface area contributed by atoms with Crippen LogP contribution in [0.1, 0.15) is 15.9 Å². The fraction of sp³-hybridized carbons (Fsp3) is 0.158. The van der Waals surface area contributed by atoms with Gasteiger partial charge in [0.2, 0.25) is 0 Å². The number of likely N-dealkylation sites (tertiary alicyclic amines) is 1. The van der Waals surface area contributed by atoms with Gasteiger partial charge in [-0.15, -0.1) is 0 Å². The van der Waals surface area contributed by atoms with Gasteiger partial charge in [-0.05, 0) is 5.56 Å². The Morgan fingerprint density at radius 2 is 1.74 bits per heavy atom. The number of aromatic hydroxyl groups is 2. The molecule has 180 valence electrons. The third-order valence-corrected chi connectivity index (χ3v) is 5.42. The molecule has 1 heterocycles. The van der Waals surface area contributed by atoms with Gasteiger partial charge >= 0.3 is 28.3 Å². The van der Waals surface area contributed by atoms with Crippen molar-refractivity contribution in [2.45, 2.75) is 12.6 Å². The number of nitrogens with zero attached hydrogens (tertiary/aromatic N) is 1. The summed E-state index contributed by atoms with van der Waals surface area (Å²) < 4.78 is 32.6. The molecule has 0 bridgehead atoms. The predicted octanol–water partition coefficient (Wildman–Crippen LogP) is 0.299. The Balaban J connectivity index is 1.54. The van der Waals surface area contributed by atoms with Gasteiger partial charge in [-0.25, -0.2) is 19.1 Å². The van der Waals surface area contributed by atoms with Crippen molar-refractivity contribution in [3.05, 3.63) is 53.6 Å². The lowest BCUT2D eigenvalue weighted by molar-refractivity contribution is -0.139. The van der Waals surface area contributed by atoms with Gasteiger partial charge < -0.3 is 25.4 Å². The van der Waals surface area contributed by atoms with Gasteiger partial charge in [0.15, 0.2) is 11.5 Å². The van der Waals surface area contributed by atoms with Crippen LogP contribution >= 0.6 is 0 Å². The Hall–Kier alpha value is -4.53. The highest BCUT2D eigenvalue weighted by atomic mass is 32.2. The molecule has 14 nitrogen and oxygen atoms in total. The van der Waals surface area contributed by atoms with Crippen LogP contribution in [-0.2, 0) is 26.3 Å². The number of hydrogen-bond donors (Lipinski definition) is 6. The largest absolute Gasteiger partial charge is 0.504 e. The molecule has 34 heavy (non-hydrogen) atoms. The maximum Gasteiger partial charge on any atom is 0.408 e. The van der Waals surface area contributed by atoms with Gasteiger partial charge in [0, 0.05) is 12.1 Å². The number of carboxylic acid groups (broad SMARTS) is 1. The number of rotatable bonds is 7.